The Morgan fingerprint density at radius 3 is 2.71 bits per heavy atom. The van der Waals surface area contributed by atoms with Crippen molar-refractivity contribution >= 4 is 15.7 Å². The van der Waals surface area contributed by atoms with E-state index in [2.05, 4.69) is 0 Å². The molecule has 1 aliphatic rings. The van der Waals surface area contributed by atoms with Crippen molar-refractivity contribution in [2.45, 2.75) is 37.2 Å². The van der Waals surface area contributed by atoms with Crippen LogP contribution < -0.4 is 5.73 Å². The number of rotatable bonds is 3. The predicted octanol–water partition coefficient (Wildman–Crippen LogP) is 1.91. The zero-order chi connectivity index (χ0) is 15.8. The molecular weight excluding hydrogens is 295 g/mol. The number of methoxy groups -OCH3 is 1. The van der Waals surface area contributed by atoms with Gasteiger partial charge in [0.2, 0.25) is 10.0 Å². The van der Waals surface area contributed by atoms with E-state index in [0.717, 1.165) is 6.42 Å². The summed E-state index contributed by atoms with van der Waals surface area (Å²) >= 11 is 0. The third kappa shape index (κ3) is 3.04. The Morgan fingerprint density at radius 2 is 2.10 bits per heavy atom. The van der Waals surface area contributed by atoms with E-state index in [9.17, 15) is 12.8 Å². The zero-order valence-corrected chi connectivity index (χ0v) is 13.3. The molecule has 1 atom stereocenters. The maximum atomic E-state index is 14.2. The van der Waals surface area contributed by atoms with Gasteiger partial charge in [-0.05, 0) is 44.4 Å². The second-order valence-electron chi connectivity index (χ2n) is 5.75. The Bertz CT molecular complexity index is 648. The first-order valence-corrected chi connectivity index (χ1v) is 8.24. The second-order valence-corrected chi connectivity index (χ2v) is 7.65. The van der Waals surface area contributed by atoms with Crippen LogP contribution in [0.1, 0.15) is 25.3 Å². The summed E-state index contributed by atoms with van der Waals surface area (Å²) in [6, 6.07) is 2.60. The summed E-state index contributed by atoms with van der Waals surface area (Å²) in [5, 5.41) is 0. The number of halogens is 1. The van der Waals surface area contributed by atoms with Crippen molar-refractivity contribution in [1.29, 1.82) is 0 Å². The van der Waals surface area contributed by atoms with Gasteiger partial charge in [-0.15, -0.1) is 0 Å². The number of nitrogens with zero attached hydrogens (tertiary/aromatic N) is 1. The van der Waals surface area contributed by atoms with E-state index < -0.39 is 21.4 Å². The third-order valence-corrected chi connectivity index (χ3v) is 5.82. The summed E-state index contributed by atoms with van der Waals surface area (Å²) < 4.78 is 46.3. The SMILES string of the molecule is COC1(C)CCCN(S(=O)(=O)c2cc(N)cc(C)c2F)C1. The molecule has 0 aromatic heterocycles. The van der Waals surface area contributed by atoms with Gasteiger partial charge >= 0.3 is 0 Å². The standard InChI is InChI=1S/C14H21FN2O3S/c1-10-7-11(16)8-12(13(10)15)21(18,19)17-6-4-5-14(2,9-17)20-3/h7-8H,4-6,9,16H2,1-3H3. The summed E-state index contributed by atoms with van der Waals surface area (Å²) in [5.74, 6) is -0.742. The monoisotopic (exact) mass is 316 g/mol. The van der Waals surface area contributed by atoms with Crippen molar-refractivity contribution in [3.8, 4) is 0 Å². The predicted molar refractivity (Wildman–Crippen MR) is 79.0 cm³/mol. The van der Waals surface area contributed by atoms with Crippen LogP contribution in [0.2, 0.25) is 0 Å². The molecule has 0 aliphatic carbocycles. The average molecular weight is 316 g/mol. The Balaban J connectivity index is 2.43. The molecule has 5 nitrogen and oxygen atoms in total. The van der Waals surface area contributed by atoms with E-state index in [1.54, 1.807) is 7.11 Å². The minimum atomic E-state index is -3.92. The van der Waals surface area contributed by atoms with Crippen LogP contribution in [0, 0.1) is 12.7 Å². The van der Waals surface area contributed by atoms with Gasteiger partial charge in [-0.3, -0.25) is 0 Å². The van der Waals surface area contributed by atoms with E-state index in [-0.39, 0.29) is 22.7 Å². The van der Waals surface area contributed by atoms with Gasteiger partial charge in [-0.2, -0.15) is 4.31 Å². The highest BCUT2D eigenvalue weighted by atomic mass is 32.2. The normalized spacial score (nSPS) is 24.2. The summed E-state index contributed by atoms with van der Waals surface area (Å²) in [6.07, 6.45) is 1.44. The molecule has 0 bridgehead atoms. The average Bonchev–Trinajstić information content (AvgIpc) is 2.42. The van der Waals surface area contributed by atoms with Crippen LogP contribution in [-0.2, 0) is 14.8 Å². The van der Waals surface area contributed by atoms with Crippen molar-refractivity contribution in [2.75, 3.05) is 25.9 Å². The largest absolute Gasteiger partial charge is 0.399 e. The van der Waals surface area contributed by atoms with Crippen LogP contribution in [-0.4, -0.2) is 38.5 Å². The van der Waals surface area contributed by atoms with Crippen LogP contribution in [0.3, 0.4) is 0 Å². The number of ether oxygens (including phenoxy) is 1. The van der Waals surface area contributed by atoms with Gasteiger partial charge in [0.1, 0.15) is 10.7 Å². The van der Waals surface area contributed by atoms with Crippen molar-refractivity contribution in [3.05, 3.63) is 23.5 Å². The molecule has 21 heavy (non-hydrogen) atoms. The number of benzene rings is 1. The second kappa shape index (κ2) is 5.55. The Morgan fingerprint density at radius 1 is 1.43 bits per heavy atom. The molecule has 1 unspecified atom stereocenters. The first kappa shape index (κ1) is 16.2. The fraction of sp³-hybridized carbons (Fsp3) is 0.571. The van der Waals surface area contributed by atoms with E-state index >= 15 is 0 Å². The molecule has 7 heteroatoms. The highest BCUT2D eigenvalue weighted by Crippen LogP contribution is 2.30. The first-order valence-electron chi connectivity index (χ1n) is 6.80. The summed E-state index contributed by atoms with van der Waals surface area (Å²) in [5.41, 5.74) is 5.57. The van der Waals surface area contributed by atoms with Gasteiger partial charge in [0.05, 0.1) is 5.60 Å². The van der Waals surface area contributed by atoms with Gasteiger partial charge in [-0.1, -0.05) is 0 Å². The number of nitrogens with two attached hydrogens (primary N) is 1. The van der Waals surface area contributed by atoms with Crippen LogP contribution >= 0.6 is 0 Å². The minimum Gasteiger partial charge on any atom is -0.399 e. The molecule has 2 rings (SSSR count). The Hall–Kier alpha value is -1.18. The molecule has 1 saturated heterocycles. The fourth-order valence-electron chi connectivity index (χ4n) is 2.62. The molecule has 118 valence electrons. The smallest absolute Gasteiger partial charge is 0.246 e. The molecule has 0 spiro atoms. The van der Waals surface area contributed by atoms with Gasteiger partial charge in [0, 0.05) is 25.9 Å². The maximum Gasteiger partial charge on any atom is 0.246 e. The molecular formula is C14H21FN2O3S. The number of aryl methyl sites for hydroxylation is 1. The quantitative estimate of drug-likeness (QED) is 0.865. The third-order valence-electron chi connectivity index (χ3n) is 3.98. The molecule has 0 saturated carbocycles. The molecule has 1 heterocycles. The van der Waals surface area contributed by atoms with Crippen LogP contribution in [0.25, 0.3) is 0 Å². The van der Waals surface area contributed by atoms with E-state index in [4.69, 9.17) is 10.5 Å². The van der Waals surface area contributed by atoms with Crippen molar-refractivity contribution in [2.24, 2.45) is 0 Å². The molecule has 1 aromatic carbocycles. The lowest BCUT2D eigenvalue weighted by molar-refractivity contribution is -0.0319. The van der Waals surface area contributed by atoms with Crippen LogP contribution in [0.5, 0.6) is 0 Å². The lowest BCUT2D eigenvalue weighted by Crippen LogP contribution is -2.49. The molecule has 1 aliphatic heterocycles. The van der Waals surface area contributed by atoms with E-state index in [0.29, 0.717) is 13.0 Å². The molecule has 0 radical (unpaired) electrons. The van der Waals surface area contributed by atoms with Crippen molar-refractivity contribution in [3.63, 3.8) is 0 Å². The Kier molecular flexibility index (Phi) is 4.28. The lowest BCUT2D eigenvalue weighted by atomic mass is 9.96. The van der Waals surface area contributed by atoms with Crippen LogP contribution in [0.4, 0.5) is 10.1 Å². The lowest BCUT2D eigenvalue weighted by Gasteiger charge is -2.38. The Labute approximate surface area is 124 Å². The van der Waals surface area contributed by atoms with E-state index in [1.807, 2.05) is 6.92 Å². The maximum absolute atomic E-state index is 14.2. The van der Waals surface area contributed by atoms with Gasteiger partial charge in [0.25, 0.3) is 0 Å². The summed E-state index contributed by atoms with van der Waals surface area (Å²) in [6.45, 7) is 3.92. The number of sulfonamides is 1. The highest BCUT2D eigenvalue weighted by molar-refractivity contribution is 7.89. The van der Waals surface area contributed by atoms with Crippen molar-refractivity contribution in [1.82, 2.24) is 4.31 Å². The summed E-state index contributed by atoms with van der Waals surface area (Å²) in [4.78, 5) is -0.361. The molecule has 2 N–H and O–H groups in total. The topological polar surface area (TPSA) is 72.6 Å². The van der Waals surface area contributed by atoms with Gasteiger partial charge in [0.15, 0.2) is 0 Å². The molecule has 1 aromatic rings. The minimum absolute atomic E-state index is 0.207. The first-order chi connectivity index (χ1) is 9.69. The fourth-order valence-corrected chi connectivity index (χ4v) is 4.39. The number of piperidine rings is 1. The van der Waals surface area contributed by atoms with Crippen molar-refractivity contribution < 1.29 is 17.5 Å². The highest BCUT2D eigenvalue weighted by Gasteiger charge is 2.38. The molecule has 1 fully saturated rings. The summed E-state index contributed by atoms with van der Waals surface area (Å²) in [7, 11) is -2.36. The number of hydrogen-bond acceptors (Lipinski definition) is 4. The zero-order valence-electron chi connectivity index (χ0n) is 12.5. The number of nitrogen functional groups attached to an aromatic ring is 1. The number of anilines is 1. The van der Waals surface area contributed by atoms with Gasteiger partial charge in [-0.25, -0.2) is 12.8 Å². The van der Waals surface area contributed by atoms with Crippen LogP contribution in [0.15, 0.2) is 17.0 Å². The molecule has 0 amide bonds. The van der Waals surface area contributed by atoms with E-state index in [1.165, 1.54) is 23.4 Å². The number of hydrogen-bond donors (Lipinski definition) is 1. The van der Waals surface area contributed by atoms with Gasteiger partial charge < -0.3 is 10.5 Å².